The second-order valence-corrected chi connectivity index (χ2v) is 8.73. The summed E-state index contributed by atoms with van der Waals surface area (Å²) in [5.41, 5.74) is 0.697. The van der Waals surface area contributed by atoms with Gasteiger partial charge in [-0.05, 0) is 38.1 Å². The van der Waals surface area contributed by atoms with Crippen LogP contribution in [0.3, 0.4) is 0 Å². The van der Waals surface area contributed by atoms with Crippen LogP contribution < -0.4 is 0 Å². The molecule has 0 unspecified atom stereocenters. The van der Waals surface area contributed by atoms with Crippen LogP contribution in [-0.4, -0.2) is 64.5 Å². The first-order valence-corrected chi connectivity index (χ1v) is 9.87. The van der Waals surface area contributed by atoms with E-state index in [9.17, 15) is 14.7 Å². The van der Waals surface area contributed by atoms with E-state index < -0.39 is 11.4 Å². The zero-order valence-corrected chi connectivity index (χ0v) is 15.9. The molecule has 0 bridgehead atoms. The zero-order valence-electron chi connectivity index (χ0n) is 15.1. The number of carbonyl (C=O) groups is 2. The number of carboxylic acid groups (broad SMARTS) is 1. The molecule has 0 saturated carbocycles. The number of aromatic nitrogens is 1. The number of hydrogen-bond acceptors (Lipinski definition) is 5. The van der Waals surface area contributed by atoms with Gasteiger partial charge in [0.05, 0.1) is 15.2 Å². The summed E-state index contributed by atoms with van der Waals surface area (Å²) in [5.74, 6) is -0.843. The maximum absolute atomic E-state index is 13.0. The number of aliphatic carboxylic acids is 1. The molecule has 3 heterocycles. The first kappa shape index (κ1) is 17.4. The van der Waals surface area contributed by atoms with Crippen molar-refractivity contribution in [2.75, 3.05) is 32.7 Å². The second kappa shape index (κ2) is 6.32. The standard InChI is InChI=1S/C19H23N3O3S/c1-3-6-21-8-14-9-22(11-19(14,10-21)18(24)25)17(23)13-4-5-15-16(7-13)26-12(2)20-15/h4-5,7,14H,3,6,8-11H2,1-2H3,(H,24,25)/t14-,19-/m0/s1. The molecule has 4 rings (SSSR count). The van der Waals surface area contributed by atoms with E-state index in [4.69, 9.17) is 0 Å². The number of carboxylic acids is 1. The highest BCUT2D eigenvalue weighted by Gasteiger charge is 2.58. The van der Waals surface area contributed by atoms with E-state index >= 15 is 0 Å². The molecular weight excluding hydrogens is 350 g/mol. The first-order chi connectivity index (χ1) is 12.4. The molecule has 26 heavy (non-hydrogen) atoms. The summed E-state index contributed by atoms with van der Waals surface area (Å²) in [4.78, 5) is 33.5. The monoisotopic (exact) mass is 373 g/mol. The van der Waals surface area contributed by atoms with Crippen molar-refractivity contribution in [2.24, 2.45) is 11.3 Å². The lowest BCUT2D eigenvalue weighted by molar-refractivity contribution is -0.148. The molecule has 6 nitrogen and oxygen atoms in total. The molecule has 2 fully saturated rings. The van der Waals surface area contributed by atoms with Crippen molar-refractivity contribution in [3.63, 3.8) is 0 Å². The highest BCUT2D eigenvalue weighted by molar-refractivity contribution is 7.18. The fourth-order valence-electron chi connectivity index (χ4n) is 4.47. The normalized spacial score (nSPS) is 25.8. The second-order valence-electron chi connectivity index (χ2n) is 7.49. The Bertz CT molecular complexity index is 880. The van der Waals surface area contributed by atoms with Crippen molar-refractivity contribution < 1.29 is 14.7 Å². The molecule has 2 aliphatic rings. The molecule has 2 aromatic rings. The highest BCUT2D eigenvalue weighted by Crippen LogP contribution is 2.43. The highest BCUT2D eigenvalue weighted by atomic mass is 32.1. The quantitative estimate of drug-likeness (QED) is 0.891. The van der Waals surface area contributed by atoms with Crippen LogP contribution in [0.1, 0.15) is 28.7 Å². The Morgan fingerprint density at radius 2 is 2.15 bits per heavy atom. The van der Waals surface area contributed by atoms with Crippen LogP contribution in [0.2, 0.25) is 0 Å². The molecule has 1 N–H and O–H groups in total. The summed E-state index contributed by atoms with van der Waals surface area (Å²) in [6, 6.07) is 5.56. The van der Waals surface area contributed by atoms with Crippen molar-refractivity contribution in [3.05, 3.63) is 28.8 Å². The van der Waals surface area contributed by atoms with Gasteiger partial charge in [-0.15, -0.1) is 11.3 Å². The summed E-state index contributed by atoms with van der Waals surface area (Å²) in [7, 11) is 0. The number of hydrogen-bond donors (Lipinski definition) is 1. The minimum absolute atomic E-state index is 0.00452. The van der Waals surface area contributed by atoms with E-state index in [0.717, 1.165) is 34.7 Å². The van der Waals surface area contributed by atoms with Gasteiger partial charge >= 0.3 is 5.97 Å². The molecule has 0 radical (unpaired) electrons. The molecule has 1 aromatic heterocycles. The van der Waals surface area contributed by atoms with Gasteiger partial charge in [0.2, 0.25) is 0 Å². The first-order valence-electron chi connectivity index (χ1n) is 9.05. The molecule has 1 aromatic carbocycles. The van der Waals surface area contributed by atoms with Crippen molar-refractivity contribution in [1.29, 1.82) is 0 Å². The zero-order chi connectivity index (χ0) is 18.5. The van der Waals surface area contributed by atoms with E-state index in [1.165, 1.54) is 0 Å². The van der Waals surface area contributed by atoms with Gasteiger partial charge in [-0.25, -0.2) is 4.98 Å². The van der Waals surface area contributed by atoms with Crippen LogP contribution in [0.15, 0.2) is 18.2 Å². The molecule has 7 heteroatoms. The van der Waals surface area contributed by atoms with E-state index in [1.54, 1.807) is 22.3 Å². The number of amides is 1. The Hall–Kier alpha value is -1.99. The van der Waals surface area contributed by atoms with Crippen LogP contribution in [0, 0.1) is 18.3 Å². The van der Waals surface area contributed by atoms with Crippen molar-refractivity contribution in [3.8, 4) is 0 Å². The predicted octanol–water partition coefficient (Wildman–Crippen LogP) is 2.47. The Kier molecular flexibility index (Phi) is 4.23. The van der Waals surface area contributed by atoms with Crippen molar-refractivity contribution in [1.82, 2.24) is 14.8 Å². The number of rotatable bonds is 4. The van der Waals surface area contributed by atoms with E-state index in [-0.39, 0.29) is 11.8 Å². The summed E-state index contributed by atoms with van der Waals surface area (Å²) in [6.45, 7) is 7.09. The lowest BCUT2D eigenvalue weighted by Crippen LogP contribution is -2.42. The molecular formula is C19H23N3O3S. The van der Waals surface area contributed by atoms with Crippen LogP contribution in [-0.2, 0) is 4.79 Å². The largest absolute Gasteiger partial charge is 0.481 e. The van der Waals surface area contributed by atoms with Gasteiger partial charge in [0, 0.05) is 37.7 Å². The fourth-order valence-corrected chi connectivity index (χ4v) is 5.33. The Morgan fingerprint density at radius 1 is 1.35 bits per heavy atom. The maximum atomic E-state index is 13.0. The number of carbonyl (C=O) groups excluding carboxylic acids is 1. The Balaban J connectivity index is 1.57. The molecule has 2 atom stereocenters. The number of fused-ring (bicyclic) bond motifs is 2. The molecule has 0 spiro atoms. The van der Waals surface area contributed by atoms with Gasteiger partial charge in [0.1, 0.15) is 5.41 Å². The molecule has 1 amide bonds. The van der Waals surface area contributed by atoms with Gasteiger partial charge in [-0.1, -0.05) is 6.92 Å². The average molecular weight is 373 g/mol. The summed E-state index contributed by atoms with van der Waals surface area (Å²) < 4.78 is 0.995. The van der Waals surface area contributed by atoms with Gasteiger partial charge in [-0.2, -0.15) is 0 Å². The smallest absolute Gasteiger partial charge is 0.313 e. The SMILES string of the molecule is CCCN1C[C@H]2CN(C(=O)c3ccc4nc(C)sc4c3)C[C@@]2(C(=O)O)C1. The van der Waals surface area contributed by atoms with E-state index in [2.05, 4.69) is 16.8 Å². The number of aryl methyl sites for hydroxylation is 1. The van der Waals surface area contributed by atoms with Crippen LogP contribution in [0.5, 0.6) is 0 Å². The van der Waals surface area contributed by atoms with Crippen LogP contribution in [0.4, 0.5) is 0 Å². The number of nitrogens with zero attached hydrogens (tertiary/aromatic N) is 3. The van der Waals surface area contributed by atoms with Crippen LogP contribution in [0.25, 0.3) is 10.2 Å². The summed E-state index contributed by atoms with van der Waals surface area (Å²) in [5, 5.41) is 10.9. The number of likely N-dealkylation sites (tertiary alicyclic amines) is 2. The Morgan fingerprint density at radius 3 is 2.85 bits per heavy atom. The van der Waals surface area contributed by atoms with Gasteiger partial charge in [-0.3, -0.25) is 9.59 Å². The third-order valence-corrected chi connectivity index (χ3v) is 6.61. The third-order valence-electron chi connectivity index (χ3n) is 5.67. The van der Waals surface area contributed by atoms with Crippen LogP contribution >= 0.6 is 11.3 Å². The minimum Gasteiger partial charge on any atom is -0.481 e. The average Bonchev–Trinajstić information content (AvgIpc) is 3.23. The predicted molar refractivity (Wildman–Crippen MR) is 101 cm³/mol. The lowest BCUT2D eigenvalue weighted by Gasteiger charge is -2.25. The van der Waals surface area contributed by atoms with E-state index in [0.29, 0.717) is 25.2 Å². The summed E-state index contributed by atoms with van der Waals surface area (Å²) >= 11 is 1.57. The Labute approximate surface area is 156 Å². The lowest BCUT2D eigenvalue weighted by atomic mass is 9.81. The van der Waals surface area contributed by atoms with E-state index in [1.807, 2.05) is 19.1 Å². The summed E-state index contributed by atoms with van der Waals surface area (Å²) in [6.07, 6.45) is 1.01. The number of benzene rings is 1. The van der Waals surface area contributed by atoms with Gasteiger partial charge in [0.25, 0.3) is 5.91 Å². The maximum Gasteiger partial charge on any atom is 0.313 e. The molecule has 138 valence electrons. The molecule has 0 aliphatic carbocycles. The minimum atomic E-state index is -0.823. The number of thiazole rings is 1. The fraction of sp³-hybridized carbons (Fsp3) is 0.526. The molecule has 2 saturated heterocycles. The van der Waals surface area contributed by atoms with Gasteiger partial charge < -0.3 is 14.9 Å². The van der Waals surface area contributed by atoms with Crippen molar-refractivity contribution >= 4 is 33.4 Å². The van der Waals surface area contributed by atoms with Gasteiger partial charge in [0.15, 0.2) is 0 Å². The third kappa shape index (κ3) is 2.70. The van der Waals surface area contributed by atoms with Crippen molar-refractivity contribution in [2.45, 2.75) is 20.3 Å². The topological polar surface area (TPSA) is 73.7 Å². The molecule has 2 aliphatic heterocycles.